The molecule has 0 saturated heterocycles. The number of carboxylic acids is 1. The van der Waals surface area contributed by atoms with E-state index in [0.29, 0.717) is 12.0 Å². The molecule has 5 nitrogen and oxygen atoms in total. The van der Waals surface area contributed by atoms with Gasteiger partial charge in [-0.1, -0.05) is 25.8 Å². The molecule has 0 aliphatic heterocycles. The third-order valence-electron chi connectivity index (χ3n) is 2.82. The zero-order valence-electron chi connectivity index (χ0n) is 11.4. The van der Waals surface area contributed by atoms with Crippen LogP contribution in [0.2, 0.25) is 0 Å². The summed E-state index contributed by atoms with van der Waals surface area (Å²) in [6, 6.07) is 2.43. The van der Waals surface area contributed by atoms with Crippen molar-refractivity contribution in [3.05, 3.63) is 29.6 Å². The Morgan fingerprint density at radius 2 is 2.10 bits per heavy atom. The number of rotatable bonds is 7. The minimum absolute atomic E-state index is 0.165. The largest absolute Gasteiger partial charge is 0.480 e. The monoisotopic (exact) mass is 303 g/mol. The number of carboxylic acid groups (broad SMARTS) is 1. The Labute approximate surface area is 117 Å². The predicted octanol–water partition coefficient (Wildman–Crippen LogP) is 2.06. The van der Waals surface area contributed by atoms with Crippen LogP contribution in [0.3, 0.4) is 0 Å². The number of carbonyl (C=O) groups is 1. The van der Waals surface area contributed by atoms with Crippen molar-refractivity contribution in [2.24, 2.45) is 0 Å². The van der Waals surface area contributed by atoms with Crippen LogP contribution < -0.4 is 4.72 Å². The van der Waals surface area contributed by atoms with E-state index < -0.39 is 32.7 Å². The predicted molar refractivity (Wildman–Crippen MR) is 72.4 cm³/mol. The molecule has 0 amide bonds. The van der Waals surface area contributed by atoms with Gasteiger partial charge in [-0.15, -0.1) is 0 Å². The third-order valence-corrected chi connectivity index (χ3v) is 4.32. The van der Waals surface area contributed by atoms with E-state index in [1.54, 1.807) is 6.92 Å². The van der Waals surface area contributed by atoms with Gasteiger partial charge >= 0.3 is 5.97 Å². The van der Waals surface area contributed by atoms with Crippen LogP contribution in [0, 0.1) is 12.7 Å². The van der Waals surface area contributed by atoms with Crippen LogP contribution in [0.4, 0.5) is 4.39 Å². The van der Waals surface area contributed by atoms with E-state index in [1.165, 1.54) is 6.07 Å². The molecule has 0 heterocycles. The lowest BCUT2D eigenvalue weighted by atomic mass is 10.1. The maximum atomic E-state index is 13.7. The molecule has 0 fully saturated rings. The molecule has 0 saturated carbocycles. The van der Waals surface area contributed by atoms with E-state index in [-0.39, 0.29) is 6.42 Å². The van der Waals surface area contributed by atoms with E-state index in [0.717, 1.165) is 18.6 Å². The van der Waals surface area contributed by atoms with Crippen LogP contribution in [0.25, 0.3) is 0 Å². The number of benzene rings is 1. The van der Waals surface area contributed by atoms with Gasteiger partial charge in [0.25, 0.3) is 0 Å². The summed E-state index contributed by atoms with van der Waals surface area (Å²) < 4.78 is 39.8. The molecule has 1 atom stereocenters. The van der Waals surface area contributed by atoms with Crippen LogP contribution >= 0.6 is 0 Å². The van der Waals surface area contributed by atoms with Crippen LogP contribution in [-0.4, -0.2) is 25.5 Å². The van der Waals surface area contributed by atoms with Gasteiger partial charge in [-0.25, -0.2) is 12.8 Å². The van der Waals surface area contributed by atoms with Crippen LogP contribution in [0.5, 0.6) is 0 Å². The summed E-state index contributed by atoms with van der Waals surface area (Å²) >= 11 is 0. The number of sulfonamides is 1. The summed E-state index contributed by atoms with van der Waals surface area (Å²) in [5, 5.41) is 9.00. The number of hydrogen-bond acceptors (Lipinski definition) is 3. The summed E-state index contributed by atoms with van der Waals surface area (Å²) in [5.41, 5.74) is 0.585. The fourth-order valence-corrected chi connectivity index (χ4v) is 3.00. The third kappa shape index (κ3) is 4.28. The van der Waals surface area contributed by atoms with E-state index in [9.17, 15) is 17.6 Å². The van der Waals surface area contributed by atoms with Crippen molar-refractivity contribution in [2.45, 2.75) is 44.0 Å². The van der Waals surface area contributed by atoms with Crippen molar-refractivity contribution in [2.75, 3.05) is 0 Å². The highest BCUT2D eigenvalue weighted by atomic mass is 32.2. The number of nitrogens with one attached hydrogen (secondary N) is 1. The molecule has 112 valence electrons. The molecule has 0 spiro atoms. The number of aryl methyl sites for hydroxylation is 1. The first-order valence-corrected chi connectivity index (χ1v) is 7.77. The van der Waals surface area contributed by atoms with Crippen molar-refractivity contribution in [3.8, 4) is 0 Å². The normalized spacial score (nSPS) is 13.2. The van der Waals surface area contributed by atoms with E-state index in [2.05, 4.69) is 0 Å². The topological polar surface area (TPSA) is 83.5 Å². The molecule has 7 heteroatoms. The van der Waals surface area contributed by atoms with Gasteiger partial charge in [0.1, 0.15) is 16.8 Å². The maximum Gasteiger partial charge on any atom is 0.321 e. The zero-order chi connectivity index (χ0) is 15.3. The molecule has 0 aliphatic carbocycles. The van der Waals surface area contributed by atoms with Gasteiger partial charge in [-0.2, -0.15) is 4.72 Å². The fourth-order valence-electron chi connectivity index (χ4n) is 1.72. The van der Waals surface area contributed by atoms with Gasteiger partial charge < -0.3 is 5.11 Å². The Kier molecular flexibility index (Phi) is 5.64. The minimum atomic E-state index is -4.19. The standard InChI is InChI=1S/C13H18FNO4S/c1-3-4-5-11(13(16)17)15-20(18,19)12-7-6-9(2)8-10(12)14/h6-8,11,15H,3-5H2,1-2H3,(H,16,17)/t11-/m0/s1. The second-order valence-corrected chi connectivity index (χ2v) is 6.27. The van der Waals surface area contributed by atoms with E-state index in [4.69, 9.17) is 5.11 Å². The lowest BCUT2D eigenvalue weighted by Crippen LogP contribution is -2.40. The van der Waals surface area contributed by atoms with Gasteiger partial charge in [0.2, 0.25) is 10.0 Å². The molecule has 0 bridgehead atoms. The lowest BCUT2D eigenvalue weighted by Gasteiger charge is -2.15. The molecule has 0 radical (unpaired) electrons. The molecule has 1 aromatic rings. The van der Waals surface area contributed by atoms with Gasteiger partial charge in [0.15, 0.2) is 0 Å². The molecular weight excluding hydrogens is 285 g/mol. The molecule has 0 unspecified atom stereocenters. The Hall–Kier alpha value is -1.47. The fraction of sp³-hybridized carbons (Fsp3) is 0.462. The van der Waals surface area contributed by atoms with Crippen molar-refractivity contribution in [1.82, 2.24) is 4.72 Å². The van der Waals surface area contributed by atoms with Crippen LogP contribution in [0.15, 0.2) is 23.1 Å². The quantitative estimate of drug-likeness (QED) is 0.807. The van der Waals surface area contributed by atoms with Gasteiger partial charge in [0, 0.05) is 0 Å². The minimum Gasteiger partial charge on any atom is -0.480 e. The summed E-state index contributed by atoms with van der Waals surface area (Å²) in [6.45, 7) is 3.50. The average molecular weight is 303 g/mol. The molecule has 20 heavy (non-hydrogen) atoms. The average Bonchev–Trinajstić information content (AvgIpc) is 2.33. The first-order valence-electron chi connectivity index (χ1n) is 6.29. The molecule has 1 rings (SSSR count). The van der Waals surface area contributed by atoms with Crippen molar-refractivity contribution >= 4 is 16.0 Å². The smallest absolute Gasteiger partial charge is 0.321 e. The summed E-state index contributed by atoms with van der Waals surface area (Å²) in [7, 11) is -4.19. The van der Waals surface area contributed by atoms with E-state index >= 15 is 0 Å². The van der Waals surface area contributed by atoms with Crippen molar-refractivity contribution < 1.29 is 22.7 Å². The Balaban J connectivity index is 3.00. The number of halogens is 1. The highest BCUT2D eigenvalue weighted by Gasteiger charge is 2.26. The number of unbranched alkanes of at least 4 members (excludes halogenated alkanes) is 1. The maximum absolute atomic E-state index is 13.7. The van der Waals surface area contributed by atoms with E-state index in [1.807, 2.05) is 11.6 Å². The molecule has 0 aliphatic rings. The van der Waals surface area contributed by atoms with Crippen LogP contribution in [-0.2, 0) is 14.8 Å². The van der Waals surface area contributed by atoms with Crippen molar-refractivity contribution in [1.29, 1.82) is 0 Å². The summed E-state index contributed by atoms with van der Waals surface area (Å²) in [5.74, 6) is -2.16. The number of aliphatic carboxylic acids is 1. The second-order valence-electron chi connectivity index (χ2n) is 4.59. The van der Waals surface area contributed by atoms with Crippen molar-refractivity contribution in [3.63, 3.8) is 0 Å². The first kappa shape index (κ1) is 16.6. The molecule has 0 aromatic heterocycles. The lowest BCUT2D eigenvalue weighted by molar-refractivity contribution is -0.139. The zero-order valence-corrected chi connectivity index (χ0v) is 12.2. The Bertz CT molecular complexity index is 586. The Morgan fingerprint density at radius 3 is 2.60 bits per heavy atom. The highest BCUT2D eigenvalue weighted by Crippen LogP contribution is 2.16. The second kappa shape index (κ2) is 6.81. The SMILES string of the molecule is CCCC[C@H](NS(=O)(=O)c1ccc(C)cc1F)C(=O)O. The molecular formula is C13H18FNO4S. The Morgan fingerprint density at radius 1 is 1.45 bits per heavy atom. The van der Waals surface area contributed by atoms with Gasteiger partial charge in [-0.05, 0) is 31.0 Å². The summed E-state index contributed by atoms with van der Waals surface area (Å²) in [6.07, 6.45) is 1.47. The van der Waals surface area contributed by atoms with Gasteiger partial charge in [-0.3, -0.25) is 4.79 Å². The first-order chi connectivity index (χ1) is 9.27. The van der Waals surface area contributed by atoms with Gasteiger partial charge in [0.05, 0.1) is 0 Å². The van der Waals surface area contributed by atoms with Crippen LogP contribution in [0.1, 0.15) is 31.7 Å². The molecule has 1 aromatic carbocycles. The molecule has 2 N–H and O–H groups in total. The summed E-state index contributed by atoms with van der Waals surface area (Å²) in [4.78, 5) is 10.5. The highest BCUT2D eigenvalue weighted by molar-refractivity contribution is 7.89. The number of hydrogen-bond donors (Lipinski definition) is 2.